The SMILES string of the molecule is CC(C)(C)OC(=O)N[C@H]1CC2CN[C@@H]2C1. The summed E-state index contributed by atoms with van der Waals surface area (Å²) in [4.78, 5) is 11.5. The van der Waals surface area contributed by atoms with Crippen molar-refractivity contribution in [2.75, 3.05) is 6.54 Å². The average Bonchev–Trinajstić information content (AvgIpc) is 2.26. The van der Waals surface area contributed by atoms with E-state index < -0.39 is 5.60 Å². The Hall–Kier alpha value is -0.770. The molecule has 86 valence electrons. The highest BCUT2D eigenvalue weighted by Gasteiger charge is 2.40. The monoisotopic (exact) mass is 212 g/mol. The lowest BCUT2D eigenvalue weighted by molar-refractivity contribution is 0.0505. The van der Waals surface area contributed by atoms with Gasteiger partial charge >= 0.3 is 6.09 Å². The summed E-state index contributed by atoms with van der Waals surface area (Å²) in [5, 5.41) is 6.30. The Bertz CT molecular complexity index is 248. The molecule has 0 spiro atoms. The Morgan fingerprint density at radius 1 is 1.40 bits per heavy atom. The zero-order chi connectivity index (χ0) is 11.1. The summed E-state index contributed by atoms with van der Waals surface area (Å²) in [5.74, 6) is 0.768. The molecule has 2 fully saturated rings. The van der Waals surface area contributed by atoms with Crippen LogP contribution in [0.25, 0.3) is 0 Å². The Kier molecular flexibility index (Phi) is 2.63. The molecule has 0 aromatic heterocycles. The summed E-state index contributed by atoms with van der Waals surface area (Å²) < 4.78 is 5.22. The number of hydrogen-bond acceptors (Lipinski definition) is 3. The molecule has 2 rings (SSSR count). The maximum absolute atomic E-state index is 11.5. The number of hydrogen-bond donors (Lipinski definition) is 2. The van der Waals surface area contributed by atoms with E-state index in [-0.39, 0.29) is 6.09 Å². The molecule has 1 saturated carbocycles. The molecule has 0 bridgehead atoms. The molecule has 1 aliphatic heterocycles. The lowest BCUT2D eigenvalue weighted by Gasteiger charge is -2.31. The molecular formula is C11H20N2O2. The molecule has 0 radical (unpaired) electrons. The van der Waals surface area contributed by atoms with E-state index in [2.05, 4.69) is 10.6 Å². The highest BCUT2D eigenvalue weighted by atomic mass is 16.6. The van der Waals surface area contributed by atoms with Crippen molar-refractivity contribution >= 4 is 6.09 Å². The second kappa shape index (κ2) is 3.67. The van der Waals surface area contributed by atoms with E-state index in [1.165, 1.54) is 0 Å². The first-order valence-electron chi connectivity index (χ1n) is 5.67. The second-order valence-corrected chi connectivity index (χ2v) is 5.59. The van der Waals surface area contributed by atoms with Crippen molar-refractivity contribution in [3.8, 4) is 0 Å². The maximum Gasteiger partial charge on any atom is 0.407 e. The molecule has 15 heavy (non-hydrogen) atoms. The topological polar surface area (TPSA) is 50.4 Å². The Labute approximate surface area is 90.8 Å². The minimum Gasteiger partial charge on any atom is -0.444 e. The van der Waals surface area contributed by atoms with E-state index >= 15 is 0 Å². The van der Waals surface area contributed by atoms with E-state index in [0.717, 1.165) is 25.3 Å². The summed E-state index contributed by atoms with van der Waals surface area (Å²) in [6.45, 7) is 6.75. The first-order chi connectivity index (χ1) is 6.94. The summed E-state index contributed by atoms with van der Waals surface area (Å²) in [6, 6.07) is 0.926. The molecule has 3 atom stereocenters. The van der Waals surface area contributed by atoms with Gasteiger partial charge in [0.25, 0.3) is 0 Å². The van der Waals surface area contributed by atoms with Gasteiger partial charge in [-0.2, -0.15) is 0 Å². The molecule has 1 aliphatic carbocycles. The van der Waals surface area contributed by atoms with Gasteiger partial charge in [-0.25, -0.2) is 4.79 Å². The fraction of sp³-hybridized carbons (Fsp3) is 0.909. The van der Waals surface area contributed by atoms with Gasteiger partial charge in [-0.1, -0.05) is 0 Å². The molecule has 0 aromatic rings. The van der Waals surface area contributed by atoms with Crippen molar-refractivity contribution < 1.29 is 9.53 Å². The van der Waals surface area contributed by atoms with Crippen LogP contribution in [0.1, 0.15) is 33.6 Å². The zero-order valence-electron chi connectivity index (χ0n) is 9.67. The maximum atomic E-state index is 11.5. The van der Waals surface area contributed by atoms with E-state index in [0.29, 0.717) is 12.1 Å². The van der Waals surface area contributed by atoms with Crippen LogP contribution in [0.5, 0.6) is 0 Å². The molecule has 2 aliphatic rings. The van der Waals surface area contributed by atoms with Gasteiger partial charge in [0, 0.05) is 12.1 Å². The summed E-state index contributed by atoms with van der Waals surface area (Å²) >= 11 is 0. The third-order valence-corrected chi connectivity index (χ3v) is 3.06. The number of alkyl carbamates (subject to hydrolysis) is 1. The molecule has 4 nitrogen and oxygen atoms in total. The van der Waals surface area contributed by atoms with Crippen LogP contribution in [0.2, 0.25) is 0 Å². The lowest BCUT2D eigenvalue weighted by Crippen LogP contribution is -2.49. The van der Waals surface area contributed by atoms with Crippen LogP contribution < -0.4 is 10.6 Å². The normalized spacial score (nSPS) is 34.2. The largest absolute Gasteiger partial charge is 0.444 e. The smallest absolute Gasteiger partial charge is 0.407 e. The van der Waals surface area contributed by atoms with Gasteiger partial charge in [-0.05, 0) is 46.1 Å². The van der Waals surface area contributed by atoms with Crippen LogP contribution in [-0.4, -0.2) is 30.3 Å². The van der Waals surface area contributed by atoms with Gasteiger partial charge in [0.2, 0.25) is 0 Å². The number of amides is 1. The number of ether oxygens (including phenoxy) is 1. The molecule has 1 saturated heterocycles. The predicted molar refractivity (Wildman–Crippen MR) is 57.7 cm³/mol. The second-order valence-electron chi connectivity index (χ2n) is 5.59. The van der Waals surface area contributed by atoms with Crippen molar-refractivity contribution in [3.05, 3.63) is 0 Å². The van der Waals surface area contributed by atoms with Gasteiger partial charge in [-0.15, -0.1) is 0 Å². The standard InChI is InChI=1S/C11H20N2O2/c1-11(2,3)15-10(14)13-8-4-7-6-12-9(7)5-8/h7-9,12H,4-6H2,1-3H3,(H,13,14)/t7?,8-,9+/m0/s1. The number of nitrogens with one attached hydrogen (secondary N) is 2. The summed E-state index contributed by atoms with van der Waals surface area (Å²) in [6.07, 6.45) is 1.86. The van der Waals surface area contributed by atoms with Crippen molar-refractivity contribution in [3.63, 3.8) is 0 Å². The van der Waals surface area contributed by atoms with E-state index in [1.807, 2.05) is 20.8 Å². The molecule has 4 heteroatoms. The zero-order valence-corrected chi connectivity index (χ0v) is 9.67. The van der Waals surface area contributed by atoms with E-state index in [9.17, 15) is 4.79 Å². The first kappa shape index (κ1) is 10.7. The first-order valence-corrected chi connectivity index (χ1v) is 5.67. The third kappa shape index (κ3) is 2.62. The van der Waals surface area contributed by atoms with Gasteiger partial charge < -0.3 is 15.4 Å². The summed E-state index contributed by atoms with van der Waals surface area (Å²) in [7, 11) is 0. The van der Waals surface area contributed by atoms with Crippen LogP contribution in [0.15, 0.2) is 0 Å². The van der Waals surface area contributed by atoms with Crippen LogP contribution in [-0.2, 0) is 4.74 Å². The molecule has 2 N–H and O–H groups in total. The van der Waals surface area contributed by atoms with Gasteiger partial charge in [-0.3, -0.25) is 0 Å². The highest BCUT2D eigenvalue weighted by Crippen LogP contribution is 2.31. The highest BCUT2D eigenvalue weighted by molar-refractivity contribution is 5.68. The Balaban J connectivity index is 1.75. The number of rotatable bonds is 1. The quantitative estimate of drug-likeness (QED) is 0.688. The fourth-order valence-electron chi connectivity index (χ4n) is 2.33. The number of carbonyl (C=O) groups excluding carboxylic acids is 1. The number of carbonyl (C=O) groups is 1. The molecule has 0 aromatic carbocycles. The van der Waals surface area contributed by atoms with Gasteiger partial charge in [0.05, 0.1) is 0 Å². The van der Waals surface area contributed by atoms with Crippen LogP contribution >= 0.6 is 0 Å². The number of fused-ring (bicyclic) bond motifs is 1. The minimum absolute atomic E-state index is 0.284. The summed E-state index contributed by atoms with van der Waals surface area (Å²) in [5.41, 5.74) is -0.403. The fourth-order valence-corrected chi connectivity index (χ4v) is 2.33. The van der Waals surface area contributed by atoms with E-state index in [1.54, 1.807) is 0 Å². The average molecular weight is 212 g/mol. The van der Waals surface area contributed by atoms with E-state index in [4.69, 9.17) is 4.74 Å². The van der Waals surface area contributed by atoms with Crippen molar-refractivity contribution in [1.82, 2.24) is 10.6 Å². The van der Waals surface area contributed by atoms with Gasteiger partial charge in [0.1, 0.15) is 5.60 Å². The van der Waals surface area contributed by atoms with Crippen molar-refractivity contribution in [2.24, 2.45) is 5.92 Å². The van der Waals surface area contributed by atoms with Gasteiger partial charge in [0.15, 0.2) is 0 Å². The van der Waals surface area contributed by atoms with Crippen molar-refractivity contribution in [2.45, 2.75) is 51.3 Å². The molecule has 1 unspecified atom stereocenters. The Morgan fingerprint density at radius 3 is 2.53 bits per heavy atom. The molecular weight excluding hydrogens is 192 g/mol. The van der Waals surface area contributed by atoms with Crippen LogP contribution in [0.3, 0.4) is 0 Å². The third-order valence-electron chi connectivity index (χ3n) is 3.06. The minimum atomic E-state index is -0.403. The van der Waals surface area contributed by atoms with Crippen LogP contribution in [0.4, 0.5) is 4.79 Å². The predicted octanol–water partition coefficient (Wildman–Crippen LogP) is 1.26. The molecule has 1 amide bonds. The van der Waals surface area contributed by atoms with Crippen LogP contribution in [0, 0.1) is 5.92 Å². The molecule has 1 heterocycles. The van der Waals surface area contributed by atoms with Crippen molar-refractivity contribution in [1.29, 1.82) is 0 Å². The lowest BCUT2D eigenvalue weighted by atomic mass is 9.96. The Morgan fingerprint density at radius 2 is 2.13 bits per heavy atom.